The molecule has 1 heterocycles. The van der Waals surface area contributed by atoms with E-state index in [9.17, 15) is 5.11 Å². The topological polar surface area (TPSA) is 37.5 Å². The molecule has 25 heavy (non-hydrogen) atoms. The average Bonchev–Trinajstić information content (AvgIpc) is 2.98. The fourth-order valence-electron chi connectivity index (χ4n) is 2.34. The highest BCUT2D eigenvalue weighted by Gasteiger charge is 2.08. The number of halogens is 3. The van der Waals surface area contributed by atoms with Crippen LogP contribution in [-0.2, 0) is 6.54 Å². The van der Waals surface area contributed by atoms with Crippen LogP contribution in [0.1, 0.15) is 6.42 Å². The number of benzene rings is 2. The number of aliphatic hydroxyl groups excluding tert-OH is 1. The number of aromatic nitrogens is 1. The minimum Gasteiger partial charge on any atom is -0.396 e. The predicted molar refractivity (Wildman–Crippen MR) is 114 cm³/mol. The summed E-state index contributed by atoms with van der Waals surface area (Å²) in [6.07, 6.45) is 0.689. The molecule has 2 aromatic carbocycles. The number of nitrogens with zero attached hydrogens (tertiary/aromatic N) is 2. The van der Waals surface area contributed by atoms with Gasteiger partial charge in [0.25, 0.3) is 0 Å². The molecule has 0 atom stereocenters. The molecule has 3 rings (SSSR count). The number of hydrogen-bond acceptors (Lipinski definition) is 3. The van der Waals surface area contributed by atoms with Gasteiger partial charge in [0.2, 0.25) is 0 Å². The summed E-state index contributed by atoms with van der Waals surface area (Å²) in [7, 11) is 0. The average molecular weight is 505 g/mol. The predicted octanol–water partition coefficient (Wildman–Crippen LogP) is 5.83. The van der Waals surface area contributed by atoms with Crippen molar-refractivity contribution in [3.8, 4) is 11.3 Å². The van der Waals surface area contributed by atoms with Gasteiger partial charge in [-0.3, -0.25) is 0 Å². The first-order valence-electron chi connectivity index (χ1n) is 7.53. The molecule has 0 aliphatic rings. The maximum Gasteiger partial charge on any atom is 0.190 e. The van der Waals surface area contributed by atoms with E-state index in [0.717, 1.165) is 32.8 Å². The van der Waals surface area contributed by atoms with E-state index in [1.807, 2.05) is 36.4 Å². The molecule has 3 nitrogen and oxygen atoms in total. The standard InChI is InChI=1S/C18H16BrClN2OS.BrH/c19-14-4-2-13(3-5-14)17-12-24-18(22(17)10-1-11-23)21-16-8-6-15(20)7-9-16;/h2-9,12,23H,1,10-11H2;1H. The Morgan fingerprint density at radius 1 is 1.08 bits per heavy atom. The molecule has 0 amide bonds. The minimum atomic E-state index is 0. The van der Waals surface area contributed by atoms with Crippen molar-refractivity contribution < 1.29 is 5.11 Å². The lowest BCUT2D eigenvalue weighted by Crippen LogP contribution is -2.16. The van der Waals surface area contributed by atoms with Crippen LogP contribution in [0.4, 0.5) is 5.69 Å². The summed E-state index contributed by atoms with van der Waals surface area (Å²) < 4.78 is 3.20. The van der Waals surface area contributed by atoms with E-state index in [2.05, 4.69) is 38.0 Å². The van der Waals surface area contributed by atoms with Crippen LogP contribution < -0.4 is 4.80 Å². The highest BCUT2D eigenvalue weighted by Crippen LogP contribution is 2.23. The third-order valence-electron chi connectivity index (χ3n) is 3.53. The van der Waals surface area contributed by atoms with Gasteiger partial charge in [0.1, 0.15) is 0 Å². The van der Waals surface area contributed by atoms with Crippen LogP contribution >= 0.6 is 55.8 Å². The van der Waals surface area contributed by atoms with E-state index < -0.39 is 0 Å². The summed E-state index contributed by atoms with van der Waals surface area (Å²) in [6.45, 7) is 0.876. The van der Waals surface area contributed by atoms with Crippen molar-refractivity contribution >= 4 is 61.5 Å². The van der Waals surface area contributed by atoms with E-state index in [1.165, 1.54) is 0 Å². The molecule has 0 bridgehead atoms. The lowest BCUT2D eigenvalue weighted by Gasteiger charge is -2.08. The van der Waals surface area contributed by atoms with Gasteiger partial charge in [0.05, 0.1) is 11.4 Å². The summed E-state index contributed by atoms with van der Waals surface area (Å²) in [6, 6.07) is 15.7. The molecule has 0 fully saturated rings. The van der Waals surface area contributed by atoms with E-state index >= 15 is 0 Å². The van der Waals surface area contributed by atoms with Crippen LogP contribution in [-0.4, -0.2) is 16.3 Å². The molecular weight excluding hydrogens is 488 g/mol. The Kier molecular flexibility index (Phi) is 7.90. The second kappa shape index (κ2) is 9.69. The van der Waals surface area contributed by atoms with Gasteiger partial charge in [-0.1, -0.05) is 39.7 Å². The first-order valence-corrected chi connectivity index (χ1v) is 9.58. The van der Waals surface area contributed by atoms with Crippen LogP contribution in [0.3, 0.4) is 0 Å². The van der Waals surface area contributed by atoms with Gasteiger partial charge in [-0.15, -0.1) is 28.3 Å². The number of rotatable bonds is 5. The molecule has 0 unspecified atom stereocenters. The van der Waals surface area contributed by atoms with Gasteiger partial charge in [-0.25, -0.2) is 4.99 Å². The Bertz CT molecular complexity index is 873. The third kappa shape index (κ3) is 5.28. The van der Waals surface area contributed by atoms with Crippen molar-refractivity contribution in [1.29, 1.82) is 0 Å². The Morgan fingerprint density at radius 3 is 2.40 bits per heavy atom. The van der Waals surface area contributed by atoms with Gasteiger partial charge >= 0.3 is 0 Å². The Hall–Kier alpha value is -0.920. The molecule has 1 N–H and O–H groups in total. The molecule has 7 heteroatoms. The Balaban J connectivity index is 0.00000225. The van der Waals surface area contributed by atoms with Crippen LogP contribution in [0, 0.1) is 0 Å². The van der Waals surface area contributed by atoms with Crippen LogP contribution in [0.25, 0.3) is 11.3 Å². The van der Waals surface area contributed by atoms with E-state index in [-0.39, 0.29) is 23.6 Å². The first-order chi connectivity index (χ1) is 11.7. The normalized spacial score (nSPS) is 11.4. The van der Waals surface area contributed by atoms with Crippen molar-refractivity contribution in [2.45, 2.75) is 13.0 Å². The molecule has 0 saturated carbocycles. The zero-order chi connectivity index (χ0) is 16.9. The summed E-state index contributed by atoms with van der Waals surface area (Å²) in [5, 5.41) is 12.0. The SMILES string of the molecule is Br.OCCCn1c(-c2ccc(Br)cc2)csc1=Nc1ccc(Cl)cc1. The van der Waals surface area contributed by atoms with Crippen molar-refractivity contribution in [3.63, 3.8) is 0 Å². The van der Waals surface area contributed by atoms with Crippen molar-refractivity contribution in [2.75, 3.05) is 6.61 Å². The summed E-state index contributed by atoms with van der Waals surface area (Å²) in [4.78, 5) is 5.64. The molecule has 0 saturated heterocycles. The van der Waals surface area contributed by atoms with E-state index in [1.54, 1.807) is 11.3 Å². The highest BCUT2D eigenvalue weighted by molar-refractivity contribution is 9.10. The third-order valence-corrected chi connectivity index (χ3v) is 5.17. The van der Waals surface area contributed by atoms with Gasteiger partial charge in [-0.05, 0) is 48.4 Å². The number of thiazole rings is 1. The lowest BCUT2D eigenvalue weighted by atomic mass is 10.2. The maximum atomic E-state index is 9.21. The molecule has 0 aliphatic heterocycles. The largest absolute Gasteiger partial charge is 0.396 e. The maximum absolute atomic E-state index is 9.21. The van der Waals surface area contributed by atoms with Crippen LogP contribution in [0.15, 0.2) is 63.4 Å². The number of hydrogen-bond donors (Lipinski definition) is 1. The van der Waals surface area contributed by atoms with Crippen LogP contribution in [0.2, 0.25) is 5.02 Å². The van der Waals surface area contributed by atoms with Gasteiger partial charge in [0.15, 0.2) is 4.80 Å². The van der Waals surface area contributed by atoms with E-state index in [0.29, 0.717) is 11.4 Å². The van der Waals surface area contributed by atoms with Crippen molar-refractivity contribution in [2.24, 2.45) is 4.99 Å². The van der Waals surface area contributed by atoms with Gasteiger partial charge < -0.3 is 9.67 Å². The fourth-order valence-corrected chi connectivity index (χ4v) is 3.69. The summed E-state index contributed by atoms with van der Waals surface area (Å²) in [5.41, 5.74) is 3.10. The summed E-state index contributed by atoms with van der Waals surface area (Å²) in [5.74, 6) is 0. The second-order valence-corrected chi connectivity index (χ2v) is 7.42. The van der Waals surface area contributed by atoms with Gasteiger partial charge in [-0.2, -0.15) is 0 Å². The molecule has 3 aromatic rings. The molecule has 0 aliphatic carbocycles. The molecule has 1 aromatic heterocycles. The molecule has 0 spiro atoms. The lowest BCUT2D eigenvalue weighted by molar-refractivity contribution is 0.279. The zero-order valence-corrected chi connectivity index (χ0v) is 18.1. The first kappa shape index (κ1) is 20.4. The summed E-state index contributed by atoms with van der Waals surface area (Å²) >= 11 is 11.0. The fraction of sp³-hybridized carbons (Fsp3) is 0.167. The van der Waals surface area contributed by atoms with E-state index in [4.69, 9.17) is 16.6 Å². The zero-order valence-electron chi connectivity index (χ0n) is 13.2. The smallest absolute Gasteiger partial charge is 0.190 e. The monoisotopic (exact) mass is 502 g/mol. The Labute approximate surface area is 174 Å². The van der Waals surface area contributed by atoms with Crippen molar-refractivity contribution in [1.82, 2.24) is 4.57 Å². The quantitative estimate of drug-likeness (QED) is 0.467. The van der Waals surface area contributed by atoms with Crippen molar-refractivity contribution in [3.05, 3.63) is 68.2 Å². The molecule has 132 valence electrons. The van der Waals surface area contributed by atoms with Gasteiger partial charge in [0, 0.05) is 28.0 Å². The molecule has 0 radical (unpaired) electrons. The minimum absolute atomic E-state index is 0. The highest BCUT2D eigenvalue weighted by atomic mass is 79.9. The Morgan fingerprint density at radius 2 is 1.76 bits per heavy atom. The van der Waals surface area contributed by atoms with Crippen LogP contribution in [0.5, 0.6) is 0 Å². The molecular formula is C18H17Br2ClN2OS. The second-order valence-electron chi connectivity index (χ2n) is 5.23. The number of aliphatic hydroxyl groups is 1.